The number of nitrogens with one attached hydrogen (secondary N) is 2. The van der Waals surface area contributed by atoms with Crippen molar-refractivity contribution in [3.8, 4) is 0 Å². The number of carbonyl (C=O) groups is 2. The first-order chi connectivity index (χ1) is 11.2. The van der Waals surface area contributed by atoms with E-state index in [2.05, 4.69) is 25.6 Å². The maximum Gasteiger partial charge on any atom is 0.277 e. The van der Waals surface area contributed by atoms with E-state index in [1.165, 1.54) is 29.9 Å². The van der Waals surface area contributed by atoms with Crippen molar-refractivity contribution in [2.75, 3.05) is 25.6 Å². The molecule has 23 heavy (non-hydrogen) atoms. The third kappa shape index (κ3) is 5.72. The number of aromatic nitrogens is 3. The molecule has 2 aromatic heterocycles. The molecule has 0 aromatic carbocycles. The second-order valence-electron chi connectivity index (χ2n) is 4.56. The molecule has 0 atom stereocenters. The number of rotatable bonds is 8. The first-order valence-corrected chi connectivity index (χ1v) is 7.84. The molecule has 2 heterocycles. The monoisotopic (exact) mass is 335 g/mol. The molecule has 2 amide bonds. The van der Waals surface area contributed by atoms with E-state index in [1.807, 2.05) is 0 Å². The van der Waals surface area contributed by atoms with Gasteiger partial charge in [0.15, 0.2) is 5.13 Å². The zero-order chi connectivity index (χ0) is 16.5. The molecule has 0 unspecified atom stereocenters. The van der Waals surface area contributed by atoms with Crippen molar-refractivity contribution in [3.05, 3.63) is 35.4 Å². The van der Waals surface area contributed by atoms with Gasteiger partial charge in [-0.1, -0.05) is 0 Å². The summed E-state index contributed by atoms with van der Waals surface area (Å²) < 4.78 is 4.91. The molecule has 0 aliphatic carbocycles. The van der Waals surface area contributed by atoms with E-state index in [9.17, 15) is 9.59 Å². The molecular weight excluding hydrogens is 318 g/mol. The minimum atomic E-state index is -0.386. The topological polar surface area (TPSA) is 106 Å². The Kier molecular flexibility index (Phi) is 6.57. The van der Waals surface area contributed by atoms with Crippen molar-refractivity contribution in [1.29, 1.82) is 0 Å². The van der Waals surface area contributed by atoms with Crippen molar-refractivity contribution in [2.24, 2.45) is 0 Å². The van der Waals surface area contributed by atoms with E-state index in [-0.39, 0.29) is 23.9 Å². The molecule has 122 valence electrons. The van der Waals surface area contributed by atoms with Gasteiger partial charge in [-0.3, -0.25) is 19.9 Å². The van der Waals surface area contributed by atoms with Gasteiger partial charge in [-0.15, -0.1) is 11.3 Å². The Balaban J connectivity index is 1.81. The minimum Gasteiger partial charge on any atom is -0.385 e. The van der Waals surface area contributed by atoms with Crippen molar-refractivity contribution >= 4 is 28.3 Å². The number of nitrogens with zero attached hydrogens (tertiary/aromatic N) is 3. The summed E-state index contributed by atoms with van der Waals surface area (Å²) in [5, 5.41) is 7.57. The third-order valence-electron chi connectivity index (χ3n) is 2.76. The molecule has 2 rings (SSSR count). The highest BCUT2D eigenvalue weighted by atomic mass is 32.1. The number of methoxy groups -OCH3 is 1. The Morgan fingerprint density at radius 3 is 2.96 bits per heavy atom. The second kappa shape index (κ2) is 8.91. The molecule has 0 fully saturated rings. The average Bonchev–Trinajstić information content (AvgIpc) is 2.99. The van der Waals surface area contributed by atoms with Crippen LogP contribution in [0, 0.1) is 0 Å². The van der Waals surface area contributed by atoms with Crippen molar-refractivity contribution in [1.82, 2.24) is 20.3 Å². The van der Waals surface area contributed by atoms with Crippen LogP contribution in [0.15, 0.2) is 24.0 Å². The van der Waals surface area contributed by atoms with Gasteiger partial charge >= 0.3 is 0 Å². The van der Waals surface area contributed by atoms with Gasteiger partial charge in [-0.2, -0.15) is 0 Å². The van der Waals surface area contributed by atoms with Crippen LogP contribution in [0.1, 0.15) is 22.6 Å². The lowest BCUT2D eigenvalue weighted by Crippen LogP contribution is -2.26. The van der Waals surface area contributed by atoms with Gasteiger partial charge in [0.2, 0.25) is 5.91 Å². The summed E-state index contributed by atoms with van der Waals surface area (Å²) in [5.74, 6) is -0.499. The number of amides is 2. The average molecular weight is 335 g/mol. The summed E-state index contributed by atoms with van der Waals surface area (Å²) in [6.45, 7) is 1.17. The van der Waals surface area contributed by atoms with Gasteiger partial charge in [0.05, 0.1) is 18.3 Å². The van der Waals surface area contributed by atoms with Crippen LogP contribution < -0.4 is 10.6 Å². The van der Waals surface area contributed by atoms with Crippen LogP contribution in [0.2, 0.25) is 0 Å². The highest BCUT2D eigenvalue weighted by Crippen LogP contribution is 2.16. The molecular formula is C14H17N5O3S. The van der Waals surface area contributed by atoms with Crippen LogP contribution in [0.25, 0.3) is 0 Å². The number of hydrogen-bond acceptors (Lipinski definition) is 7. The Labute approximate surface area is 137 Å². The smallest absolute Gasteiger partial charge is 0.277 e. The first-order valence-electron chi connectivity index (χ1n) is 6.96. The number of carbonyl (C=O) groups excluding carboxylic acids is 2. The van der Waals surface area contributed by atoms with E-state index in [1.54, 1.807) is 12.5 Å². The summed E-state index contributed by atoms with van der Waals surface area (Å²) in [6.07, 6.45) is 5.24. The van der Waals surface area contributed by atoms with E-state index in [0.29, 0.717) is 24.0 Å². The molecule has 0 saturated heterocycles. The van der Waals surface area contributed by atoms with Crippen LogP contribution in [0.4, 0.5) is 5.13 Å². The molecule has 2 aromatic rings. The van der Waals surface area contributed by atoms with E-state index >= 15 is 0 Å². The number of ether oxygens (including phenoxy) is 1. The zero-order valence-corrected chi connectivity index (χ0v) is 13.4. The standard InChI is InChI=1S/C14H17N5O3S/c1-22-6-2-3-17-12(20)7-10-9-23-14(18-10)19-13(21)11-8-15-4-5-16-11/h4-5,8-9H,2-3,6-7H2,1H3,(H,17,20)(H,18,19,21). The lowest BCUT2D eigenvalue weighted by molar-refractivity contribution is -0.120. The van der Waals surface area contributed by atoms with Gasteiger partial charge in [0.25, 0.3) is 5.91 Å². The van der Waals surface area contributed by atoms with E-state index in [0.717, 1.165) is 6.42 Å². The fourth-order valence-corrected chi connectivity index (χ4v) is 2.40. The third-order valence-corrected chi connectivity index (χ3v) is 3.56. The lowest BCUT2D eigenvalue weighted by atomic mass is 10.3. The normalized spacial score (nSPS) is 10.3. The Morgan fingerprint density at radius 1 is 1.35 bits per heavy atom. The highest BCUT2D eigenvalue weighted by Gasteiger charge is 2.11. The predicted octanol–water partition coefficient (Wildman–Crippen LogP) is 0.881. The molecule has 8 nitrogen and oxygen atoms in total. The summed E-state index contributed by atoms with van der Waals surface area (Å²) in [7, 11) is 1.62. The van der Waals surface area contributed by atoms with Gasteiger partial charge in [-0.05, 0) is 6.42 Å². The predicted molar refractivity (Wildman–Crippen MR) is 85.3 cm³/mol. The van der Waals surface area contributed by atoms with Crippen molar-refractivity contribution < 1.29 is 14.3 Å². The maximum atomic E-state index is 11.9. The number of thiazole rings is 1. The minimum absolute atomic E-state index is 0.113. The highest BCUT2D eigenvalue weighted by molar-refractivity contribution is 7.14. The molecule has 9 heteroatoms. The van der Waals surface area contributed by atoms with Crippen molar-refractivity contribution in [3.63, 3.8) is 0 Å². The van der Waals surface area contributed by atoms with Crippen molar-refractivity contribution in [2.45, 2.75) is 12.8 Å². The summed E-state index contributed by atoms with van der Waals surface area (Å²) in [6, 6.07) is 0. The lowest BCUT2D eigenvalue weighted by Gasteiger charge is -2.03. The molecule has 0 saturated carbocycles. The fourth-order valence-electron chi connectivity index (χ4n) is 1.69. The molecule has 0 aliphatic heterocycles. The van der Waals surface area contributed by atoms with E-state index < -0.39 is 0 Å². The Morgan fingerprint density at radius 2 is 2.22 bits per heavy atom. The Hall–Kier alpha value is -2.39. The van der Waals surface area contributed by atoms with Gasteiger partial charge in [0, 0.05) is 38.0 Å². The quantitative estimate of drug-likeness (QED) is 0.694. The zero-order valence-electron chi connectivity index (χ0n) is 12.6. The first kappa shape index (κ1) is 17.0. The van der Waals surface area contributed by atoms with Gasteiger partial charge in [-0.25, -0.2) is 9.97 Å². The van der Waals surface area contributed by atoms with Crippen LogP contribution in [-0.4, -0.2) is 47.0 Å². The van der Waals surface area contributed by atoms with E-state index in [4.69, 9.17) is 4.74 Å². The Bertz CT molecular complexity index is 647. The largest absolute Gasteiger partial charge is 0.385 e. The van der Waals surface area contributed by atoms with Gasteiger partial charge in [0.1, 0.15) is 5.69 Å². The summed E-state index contributed by atoms with van der Waals surface area (Å²) in [4.78, 5) is 35.6. The molecule has 2 N–H and O–H groups in total. The fraction of sp³-hybridized carbons (Fsp3) is 0.357. The molecule has 0 bridgehead atoms. The number of anilines is 1. The molecule has 0 aliphatic rings. The SMILES string of the molecule is COCCCNC(=O)Cc1csc(NC(=O)c2cnccn2)n1. The van der Waals surface area contributed by atoms with Gasteiger partial charge < -0.3 is 10.1 Å². The van der Waals surface area contributed by atoms with Crippen LogP contribution in [0.3, 0.4) is 0 Å². The maximum absolute atomic E-state index is 11.9. The number of hydrogen-bond donors (Lipinski definition) is 2. The molecule has 0 spiro atoms. The summed E-state index contributed by atoms with van der Waals surface area (Å²) >= 11 is 1.26. The van der Waals surface area contributed by atoms with Crippen LogP contribution >= 0.6 is 11.3 Å². The second-order valence-corrected chi connectivity index (χ2v) is 5.42. The summed E-state index contributed by atoms with van der Waals surface area (Å²) in [5.41, 5.74) is 0.814. The van der Waals surface area contributed by atoms with Crippen LogP contribution in [0.5, 0.6) is 0 Å². The molecule has 0 radical (unpaired) electrons. The van der Waals surface area contributed by atoms with Crippen LogP contribution in [-0.2, 0) is 16.0 Å².